The molecule has 0 saturated carbocycles. The van der Waals surface area contributed by atoms with Gasteiger partial charge in [-0.15, -0.1) is 0 Å². The van der Waals surface area contributed by atoms with Crippen LogP contribution in [0.5, 0.6) is 5.75 Å². The third-order valence-electron chi connectivity index (χ3n) is 3.54. The second-order valence-electron chi connectivity index (χ2n) is 5.53. The Morgan fingerprint density at radius 3 is 1.92 bits per heavy atom. The molecule has 0 spiro atoms. The molecule has 0 aliphatic carbocycles. The van der Waals surface area contributed by atoms with Crippen LogP contribution in [0.1, 0.15) is 10.4 Å². The summed E-state index contributed by atoms with van der Waals surface area (Å²) in [5.74, 6) is -0.234. The summed E-state index contributed by atoms with van der Waals surface area (Å²) in [6, 6.07) is 21.5. The number of benzene rings is 3. The maximum absolute atomic E-state index is 12.2. The number of carbonyl (C=O) groups excluding carboxylic acids is 2. The predicted octanol–water partition coefficient (Wildman–Crippen LogP) is 4.29. The molecule has 0 heterocycles. The van der Waals surface area contributed by atoms with Gasteiger partial charge in [-0.1, -0.05) is 24.3 Å². The van der Waals surface area contributed by atoms with Gasteiger partial charge in [-0.25, -0.2) is 4.79 Å². The average Bonchev–Trinajstić information content (AvgIpc) is 2.63. The van der Waals surface area contributed by atoms with Gasteiger partial charge in [0.25, 0.3) is 5.91 Å². The smallest absolute Gasteiger partial charge is 0.323 e. The van der Waals surface area contributed by atoms with Crippen molar-refractivity contribution in [3.05, 3.63) is 84.4 Å². The Kier molecular flexibility index (Phi) is 5.14. The van der Waals surface area contributed by atoms with Crippen molar-refractivity contribution in [2.45, 2.75) is 0 Å². The van der Waals surface area contributed by atoms with Crippen LogP contribution in [0.4, 0.5) is 21.9 Å². The van der Waals surface area contributed by atoms with Crippen LogP contribution >= 0.6 is 0 Å². The van der Waals surface area contributed by atoms with E-state index in [1.165, 1.54) is 12.1 Å². The van der Waals surface area contributed by atoms with Crippen LogP contribution in [0, 0.1) is 0 Å². The molecule has 6 nitrogen and oxygen atoms in total. The Morgan fingerprint density at radius 1 is 0.654 bits per heavy atom. The Bertz CT molecular complexity index is 909. The molecule has 26 heavy (non-hydrogen) atoms. The molecule has 0 radical (unpaired) electrons. The molecule has 6 heteroatoms. The lowest BCUT2D eigenvalue weighted by atomic mass is 10.2. The summed E-state index contributed by atoms with van der Waals surface area (Å²) in [5, 5.41) is 17.5. The Balaban J connectivity index is 1.59. The van der Waals surface area contributed by atoms with Gasteiger partial charge >= 0.3 is 6.03 Å². The molecule has 0 unspecified atom stereocenters. The first-order valence-electron chi connectivity index (χ1n) is 7.94. The van der Waals surface area contributed by atoms with Crippen molar-refractivity contribution in [3.8, 4) is 5.75 Å². The van der Waals surface area contributed by atoms with Crippen LogP contribution in [-0.2, 0) is 0 Å². The molecule has 130 valence electrons. The fourth-order valence-corrected chi connectivity index (χ4v) is 2.31. The molecule has 3 amide bonds. The number of urea groups is 1. The summed E-state index contributed by atoms with van der Waals surface area (Å²) < 4.78 is 0. The van der Waals surface area contributed by atoms with Gasteiger partial charge in [0.05, 0.1) is 0 Å². The van der Waals surface area contributed by atoms with E-state index in [2.05, 4.69) is 16.0 Å². The van der Waals surface area contributed by atoms with Crippen LogP contribution in [0.25, 0.3) is 0 Å². The molecule has 4 N–H and O–H groups in total. The topological polar surface area (TPSA) is 90.5 Å². The molecule has 0 aliphatic heterocycles. The quantitative estimate of drug-likeness (QED) is 0.567. The van der Waals surface area contributed by atoms with Crippen molar-refractivity contribution in [1.82, 2.24) is 0 Å². The number of rotatable bonds is 4. The minimum Gasteiger partial charge on any atom is -0.508 e. The summed E-state index contributed by atoms with van der Waals surface area (Å²) in [6.45, 7) is 0. The molecule has 3 aromatic carbocycles. The maximum atomic E-state index is 12.2. The highest BCUT2D eigenvalue weighted by atomic mass is 16.3. The molecule has 3 aromatic rings. The van der Waals surface area contributed by atoms with Crippen molar-refractivity contribution in [2.24, 2.45) is 0 Å². The molecule has 0 saturated heterocycles. The third-order valence-corrected chi connectivity index (χ3v) is 3.54. The van der Waals surface area contributed by atoms with Crippen molar-refractivity contribution in [2.75, 3.05) is 16.0 Å². The van der Waals surface area contributed by atoms with E-state index in [1.54, 1.807) is 48.5 Å². The number of aromatic hydroxyl groups is 1. The van der Waals surface area contributed by atoms with Crippen LogP contribution in [0.15, 0.2) is 78.9 Å². The molecule has 0 fully saturated rings. The van der Waals surface area contributed by atoms with Crippen LogP contribution in [0.2, 0.25) is 0 Å². The lowest BCUT2D eigenvalue weighted by molar-refractivity contribution is 0.102. The lowest BCUT2D eigenvalue weighted by Crippen LogP contribution is -2.19. The highest BCUT2D eigenvalue weighted by molar-refractivity contribution is 6.05. The van der Waals surface area contributed by atoms with Gasteiger partial charge in [0, 0.05) is 28.7 Å². The maximum Gasteiger partial charge on any atom is 0.323 e. The van der Waals surface area contributed by atoms with Gasteiger partial charge in [-0.2, -0.15) is 0 Å². The molecule has 0 bridgehead atoms. The van der Waals surface area contributed by atoms with Gasteiger partial charge in [-0.3, -0.25) is 4.79 Å². The molecular formula is C20H17N3O3. The van der Waals surface area contributed by atoms with Crippen LogP contribution in [-0.4, -0.2) is 17.0 Å². The van der Waals surface area contributed by atoms with E-state index in [0.29, 0.717) is 22.6 Å². The largest absolute Gasteiger partial charge is 0.508 e. The zero-order valence-corrected chi connectivity index (χ0v) is 13.8. The summed E-state index contributed by atoms with van der Waals surface area (Å²) in [7, 11) is 0. The van der Waals surface area contributed by atoms with Gasteiger partial charge in [0.1, 0.15) is 5.75 Å². The Labute approximate surface area is 150 Å². The zero-order chi connectivity index (χ0) is 18.4. The second-order valence-corrected chi connectivity index (χ2v) is 5.53. The molecule has 3 rings (SSSR count). The van der Waals surface area contributed by atoms with E-state index >= 15 is 0 Å². The summed E-state index contributed by atoms with van der Waals surface area (Å²) in [6.07, 6.45) is 0. The van der Waals surface area contributed by atoms with Crippen LogP contribution < -0.4 is 16.0 Å². The van der Waals surface area contributed by atoms with Gasteiger partial charge < -0.3 is 21.1 Å². The van der Waals surface area contributed by atoms with E-state index in [4.69, 9.17) is 0 Å². The first-order chi connectivity index (χ1) is 12.6. The number of anilines is 3. The van der Waals surface area contributed by atoms with E-state index in [9.17, 15) is 14.7 Å². The SMILES string of the molecule is O=C(Nc1ccccc1)Nc1ccc(C(=O)Nc2cccc(O)c2)cc1. The van der Waals surface area contributed by atoms with Crippen molar-refractivity contribution < 1.29 is 14.7 Å². The van der Waals surface area contributed by atoms with Gasteiger partial charge in [0.2, 0.25) is 0 Å². The first-order valence-corrected chi connectivity index (χ1v) is 7.94. The zero-order valence-electron chi connectivity index (χ0n) is 13.8. The van der Waals surface area contributed by atoms with Gasteiger partial charge in [-0.05, 0) is 48.5 Å². The fourth-order valence-electron chi connectivity index (χ4n) is 2.31. The minimum absolute atomic E-state index is 0.0757. The highest BCUT2D eigenvalue weighted by Gasteiger charge is 2.08. The highest BCUT2D eigenvalue weighted by Crippen LogP contribution is 2.17. The first kappa shape index (κ1) is 17.0. The Morgan fingerprint density at radius 2 is 1.27 bits per heavy atom. The minimum atomic E-state index is -0.367. The van der Waals surface area contributed by atoms with E-state index in [-0.39, 0.29) is 17.7 Å². The number of phenolic OH excluding ortho intramolecular Hbond substituents is 1. The van der Waals surface area contributed by atoms with E-state index in [1.807, 2.05) is 18.2 Å². The number of amides is 3. The molecular weight excluding hydrogens is 330 g/mol. The number of phenols is 1. The number of para-hydroxylation sites is 1. The van der Waals surface area contributed by atoms with Crippen molar-refractivity contribution in [3.63, 3.8) is 0 Å². The third kappa shape index (κ3) is 4.61. The lowest BCUT2D eigenvalue weighted by Gasteiger charge is -2.09. The molecule has 0 aromatic heterocycles. The predicted molar refractivity (Wildman–Crippen MR) is 102 cm³/mol. The standard InChI is InChI=1S/C20H17N3O3/c24-18-8-4-7-17(13-18)21-19(25)14-9-11-16(12-10-14)23-20(26)22-15-5-2-1-3-6-15/h1-13,24H,(H,21,25)(H2,22,23,26). The Hall–Kier alpha value is -3.80. The summed E-state index contributed by atoms with van der Waals surface area (Å²) in [5.41, 5.74) is 2.18. The van der Waals surface area contributed by atoms with Crippen molar-refractivity contribution in [1.29, 1.82) is 0 Å². The number of hydrogen-bond donors (Lipinski definition) is 4. The van der Waals surface area contributed by atoms with E-state index in [0.717, 1.165) is 0 Å². The van der Waals surface area contributed by atoms with Crippen LogP contribution in [0.3, 0.4) is 0 Å². The number of nitrogens with one attached hydrogen (secondary N) is 3. The van der Waals surface area contributed by atoms with Gasteiger partial charge in [0.15, 0.2) is 0 Å². The van der Waals surface area contributed by atoms with E-state index < -0.39 is 0 Å². The summed E-state index contributed by atoms with van der Waals surface area (Å²) >= 11 is 0. The monoisotopic (exact) mass is 347 g/mol. The average molecular weight is 347 g/mol. The molecule has 0 atom stereocenters. The normalized spacial score (nSPS) is 10.0. The second kappa shape index (κ2) is 7.85. The molecule has 0 aliphatic rings. The number of carbonyl (C=O) groups is 2. The van der Waals surface area contributed by atoms with Crippen molar-refractivity contribution >= 4 is 29.0 Å². The summed E-state index contributed by atoms with van der Waals surface area (Å²) in [4.78, 5) is 24.2. The number of hydrogen-bond acceptors (Lipinski definition) is 3. The fraction of sp³-hybridized carbons (Fsp3) is 0.